The van der Waals surface area contributed by atoms with Crippen LogP contribution in [0.3, 0.4) is 0 Å². The molecule has 0 radical (unpaired) electrons. The maximum atomic E-state index is 6.43. The van der Waals surface area contributed by atoms with Crippen molar-refractivity contribution >= 4 is 29.2 Å². The first-order chi connectivity index (χ1) is 17.1. The maximum Gasteiger partial charge on any atom is 0.228 e. The molecule has 2 aromatic heterocycles. The molecule has 2 aliphatic heterocycles. The van der Waals surface area contributed by atoms with Crippen molar-refractivity contribution in [3.05, 3.63) is 59.2 Å². The molecule has 1 unspecified atom stereocenters. The number of hydrogen-bond donors (Lipinski definition) is 0. The summed E-state index contributed by atoms with van der Waals surface area (Å²) in [5.74, 6) is 2.60. The summed E-state index contributed by atoms with van der Waals surface area (Å²) in [5.41, 5.74) is 3.44. The monoisotopic (exact) mass is 492 g/mol. The van der Waals surface area contributed by atoms with Gasteiger partial charge in [0.2, 0.25) is 5.95 Å². The molecule has 0 N–H and O–H groups in total. The van der Waals surface area contributed by atoms with Crippen LogP contribution in [-0.2, 0) is 11.2 Å². The lowest BCUT2D eigenvalue weighted by atomic mass is 10.1. The summed E-state index contributed by atoms with van der Waals surface area (Å²) < 4.78 is 5.57. The van der Waals surface area contributed by atoms with Gasteiger partial charge in [-0.3, -0.25) is 0 Å². The van der Waals surface area contributed by atoms with E-state index >= 15 is 0 Å². The highest BCUT2D eigenvalue weighted by molar-refractivity contribution is 6.32. The van der Waals surface area contributed by atoms with Crippen LogP contribution >= 0.6 is 11.6 Å². The first-order valence-corrected chi connectivity index (χ1v) is 12.9. The molecule has 0 bridgehead atoms. The standard InChI is InChI=1S/C27H33ClN6O/c1-3-5-21-7-9-22(10-8-21)24-18-25(31-27(30-24)32-14-16-35-17-15-32)34-13-12-33(19-20(34)2)26-23(28)6-4-11-29-26/h4,6-11,18,20H,3,5,12-17,19H2,1-2H3. The van der Waals surface area contributed by atoms with E-state index in [2.05, 4.69) is 63.9 Å². The van der Waals surface area contributed by atoms with E-state index in [1.807, 2.05) is 12.1 Å². The van der Waals surface area contributed by atoms with Crippen LogP contribution in [0.1, 0.15) is 25.8 Å². The average Bonchev–Trinajstić information content (AvgIpc) is 2.90. The van der Waals surface area contributed by atoms with Gasteiger partial charge in [0.15, 0.2) is 0 Å². The number of nitrogens with zero attached hydrogens (tertiary/aromatic N) is 6. The van der Waals surface area contributed by atoms with Crippen molar-refractivity contribution < 1.29 is 4.74 Å². The fraction of sp³-hybridized carbons (Fsp3) is 0.444. The zero-order valence-corrected chi connectivity index (χ0v) is 21.3. The Morgan fingerprint density at radius 2 is 1.80 bits per heavy atom. The van der Waals surface area contributed by atoms with Crippen molar-refractivity contribution in [3.63, 3.8) is 0 Å². The van der Waals surface area contributed by atoms with E-state index in [1.165, 1.54) is 5.56 Å². The molecule has 2 fully saturated rings. The zero-order valence-electron chi connectivity index (χ0n) is 20.5. The van der Waals surface area contributed by atoms with Crippen molar-refractivity contribution in [2.45, 2.75) is 32.7 Å². The molecule has 7 nitrogen and oxygen atoms in total. The molecule has 2 aliphatic rings. The van der Waals surface area contributed by atoms with Crippen molar-refractivity contribution in [2.24, 2.45) is 0 Å². The second kappa shape index (κ2) is 10.8. The summed E-state index contributed by atoms with van der Waals surface area (Å²) in [6, 6.07) is 15.0. The molecule has 5 rings (SSSR count). The van der Waals surface area contributed by atoms with Gasteiger partial charge < -0.3 is 19.4 Å². The predicted molar refractivity (Wildman–Crippen MR) is 143 cm³/mol. The number of anilines is 3. The number of benzene rings is 1. The van der Waals surface area contributed by atoms with Gasteiger partial charge in [-0.25, -0.2) is 9.97 Å². The lowest BCUT2D eigenvalue weighted by molar-refractivity contribution is 0.122. The van der Waals surface area contributed by atoms with Gasteiger partial charge in [-0.1, -0.05) is 49.2 Å². The van der Waals surface area contributed by atoms with Crippen LogP contribution in [-0.4, -0.2) is 66.9 Å². The van der Waals surface area contributed by atoms with Crippen LogP contribution in [0.15, 0.2) is 48.7 Å². The minimum Gasteiger partial charge on any atom is -0.378 e. The number of pyridine rings is 1. The highest BCUT2D eigenvalue weighted by atomic mass is 35.5. The molecule has 3 aromatic rings. The number of aryl methyl sites for hydroxylation is 1. The van der Waals surface area contributed by atoms with Crippen LogP contribution in [0.4, 0.5) is 17.6 Å². The number of ether oxygens (including phenoxy) is 1. The average molecular weight is 493 g/mol. The molecule has 0 aliphatic carbocycles. The Morgan fingerprint density at radius 1 is 1.00 bits per heavy atom. The third-order valence-corrected chi connectivity index (χ3v) is 7.04. The summed E-state index contributed by atoms with van der Waals surface area (Å²) >= 11 is 6.43. The highest BCUT2D eigenvalue weighted by Gasteiger charge is 2.28. The molecule has 0 spiro atoms. The van der Waals surface area contributed by atoms with Crippen molar-refractivity contribution in [1.82, 2.24) is 15.0 Å². The summed E-state index contributed by atoms with van der Waals surface area (Å²) in [6.45, 7) is 9.96. The van der Waals surface area contributed by atoms with Gasteiger partial charge in [0.05, 0.1) is 23.9 Å². The fourth-order valence-corrected chi connectivity index (χ4v) is 5.09. The Morgan fingerprint density at radius 3 is 2.51 bits per heavy atom. The summed E-state index contributed by atoms with van der Waals surface area (Å²) in [5, 5.41) is 0.693. The summed E-state index contributed by atoms with van der Waals surface area (Å²) in [6.07, 6.45) is 4.04. The quantitative estimate of drug-likeness (QED) is 0.494. The lowest BCUT2D eigenvalue weighted by Gasteiger charge is -2.41. The van der Waals surface area contributed by atoms with Gasteiger partial charge in [0.25, 0.3) is 0 Å². The number of aromatic nitrogens is 3. The second-order valence-electron chi connectivity index (χ2n) is 9.25. The lowest BCUT2D eigenvalue weighted by Crippen LogP contribution is -2.53. The van der Waals surface area contributed by atoms with E-state index in [-0.39, 0.29) is 6.04 Å². The number of hydrogen-bond acceptors (Lipinski definition) is 7. The van der Waals surface area contributed by atoms with Crippen LogP contribution in [0, 0.1) is 0 Å². The Balaban J connectivity index is 1.44. The van der Waals surface area contributed by atoms with E-state index in [9.17, 15) is 0 Å². The molecule has 2 saturated heterocycles. The predicted octanol–water partition coefficient (Wildman–Crippen LogP) is 4.70. The normalized spacial score (nSPS) is 18.7. The fourth-order valence-electron chi connectivity index (χ4n) is 4.85. The van der Waals surface area contributed by atoms with E-state index < -0.39 is 0 Å². The van der Waals surface area contributed by atoms with Crippen LogP contribution in [0.25, 0.3) is 11.3 Å². The van der Waals surface area contributed by atoms with Crippen LogP contribution < -0.4 is 14.7 Å². The number of morpholine rings is 1. The third kappa shape index (κ3) is 5.36. The van der Waals surface area contributed by atoms with Gasteiger partial charge in [-0.05, 0) is 31.0 Å². The van der Waals surface area contributed by atoms with Crippen molar-refractivity contribution in [1.29, 1.82) is 0 Å². The van der Waals surface area contributed by atoms with Crippen molar-refractivity contribution in [2.75, 3.05) is 60.6 Å². The zero-order chi connectivity index (χ0) is 24.2. The SMILES string of the molecule is CCCc1ccc(-c2cc(N3CCN(c4ncccc4Cl)CC3C)nc(N3CCOCC3)n2)cc1. The Labute approximate surface area is 212 Å². The second-order valence-corrected chi connectivity index (χ2v) is 9.66. The molecule has 4 heterocycles. The minimum atomic E-state index is 0.244. The van der Waals surface area contributed by atoms with E-state index in [1.54, 1.807) is 6.20 Å². The minimum absolute atomic E-state index is 0.244. The molecular weight excluding hydrogens is 460 g/mol. The van der Waals surface area contributed by atoms with Crippen molar-refractivity contribution in [3.8, 4) is 11.3 Å². The highest BCUT2D eigenvalue weighted by Crippen LogP contribution is 2.30. The summed E-state index contributed by atoms with van der Waals surface area (Å²) in [4.78, 5) is 21.4. The first-order valence-electron chi connectivity index (χ1n) is 12.6. The number of rotatable bonds is 6. The largest absolute Gasteiger partial charge is 0.378 e. The van der Waals surface area contributed by atoms with E-state index in [0.717, 1.165) is 74.4 Å². The molecule has 1 aromatic carbocycles. The summed E-state index contributed by atoms with van der Waals surface area (Å²) in [7, 11) is 0. The van der Waals surface area contributed by atoms with Crippen LogP contribution in [0.5, 0.6) is 0 Å². The van der Waals surface area contributed by atoms with Gasteiger partial charge in [0.1, 0.15) is 11.6 Å². The van der Waals surface area contributed by atoms with Crippen LogP contribution in [0.2, 0.25) is 5.02 Å². The van der Waals surface area contributed by atoms with E-state index in [0.29, 0.717) is 18.2 Å². The van der Waals surface area contributed by atoms with Gasteiger partial charge >= 0.3 is 0 Å². The number of halogens is 1. The van der Waals surface area contributed by atoms with Gasteiger partial charge in [-0.2, -0.15) is 4.98 Å². The van der Waals surface area contributed by atoms with E-state index in [4.69, 9.17) is 26.3 Å². The Hall–Kier alpha value is -2.90. The maximum absolute atomic E-state index is 6.43. The smallest absolute Gasteiger partial charge is 0.228 e. The van der Waals surface area contributed by atoms with Gasteiger partial charge in [0, 0.05) is 56.6 Å². The molecular formula is C27H33ClN6O. The Kier molecular flexibility index (Phi) is 7.35. The number of piperazine rings is 1. The molecule has 184 valence electrons. The topological polar surface area (TPSA) is 57.6 Å². The molecule has 0 saturated carbocycles. The third-order valence-electron chi connectivity index (χ3n) is 6.74. The van der Waals surface area contributed by atoms with Gasteiger partial charge in [-0.15, -0.1) is 0 Å². The molecule has 8 heteroatoms. The molecule has 0 amide bonds. The Bertz CT molecular complexity index is 1130. The first kappa shape index (κ1) is 23.8. The molecule has 1 atom stereocenters. The molecule has 35 heavy (non-hydrogen) atoms.